The van der Waals surface area contributed by atoms with E-state index >= 15 is 0 Å². The van der Waals surface area contributed by atoms with Crippen LogP contribution in [0.5, 0.6) is 0 Å². The van der Waals surface area contributed by atoms with Gasteiger partial charge < -0.3 is 4.74 Å². The molecule has 0 radical (unpaired) electrons. The van der Waals surface area contributed by atoms with E-state index in [2.05, 4.69) is 0 Å². The van der Waals surface area contributed by atoms with Crippen molar-refractivity contribution in [2.24, 2.45) is 5.92 Å². The first-order chi connectivity index (χ1) is 6.72. The number of halogens is 1. The molecular weight excluding hydrogens is 220 g/mol. The normalized spacial score (nSPS) is 24.7. The van der Waals surface area contributed by atoms with Gasteiger partial charge in [-0.1, -0.05) is 11.6 Å². The highest BCUT2D eigenvalue weighted by atomic mass is 35.5. The van der Waals surface area contributed by atoms with Crippen molar-refractivity contribution < 1.29 is 9.53 Å². The number of hydrogen-bond acceptors (Lipinski definition) is 3. The monoisotopic (exact) mass is 230 g/mol. The predicted octanol–water partition coefficient (Wildman–Crippen LogP) is 3.07. The van der Waals surface area contributed by atoms with Gasteiger partial charge in [0.05, 0.1) is 16.9 Å². The van der Waals surface area contributed by atoms with E-state index in [9.17, 15) is 4.79 Å². The zero-order chi connectivity index (χ0) is 10.1. The molecule has 1 aliphatic carbocycles. The van der Waals surface area contributed by atoms with Crippen molar-refractivity contribution in [2.45, 2.75) is 19.3 Å². The Kier molecular flexibility index (Phi) is 2.79. The first-order valence-corrected chi connectivity index (χ1v) is 5.83. The van der Waals surface area contributed by atoms with E-state index in [-0.39, 0.29) is 11.9 Å². The van der Waals surface area contributed by atoms with Crippen molar-refractivity contribution in [1.82, 2.24) is 0 Å². The highest BCUT2D eigenvalue weighted by Crippen LogP contribution is 2.50. The van der Waals surface area contributed by atoms with Crippen LogP contribution >= 0.6 is 22.9 Å². The number of hydrogen-bond donors (Lipinski definition) is 0. The highest BCUT2D eigenvalue weighted by molar-refractivity contribution is 7.16. The van der Waals surface area contributed by atoms with Gasteiger partial charge >= 0.3 is 5.97 Å². The molecule has 76 valence electrons. The third-order valence-electron chi connectivity index (χ3n) is 2.34. The van der Waals surface area contributed by atoms with Crippen LogP contribution in [0.1, 0.15) is 24.1 Å². The number of rotatable bonds is 3. The summed E-state index contributed by atoms with van der Waals surface area (Å²) in [5, 5.41) is 0. The largest absolute Gasteiger partial charge is 0.466 e. The van der Waals surface area contributed by atoms with Crippen LogP contribution in [0.2, 0.25) is 4.34 Å². The fourth-order valence-corrected chi connectivity index (χ4v) is 2.79. The molecule has 0 bridgehead atoms. The summed E-state index contributed by atoms with van der Waals surface area (Å²) in [7, 11) is 0. The van der Waals surface area contributed by atoms with Gasteiger partial charge in [-0.05, 0) is 25.5 Å². The molecule has 0 N–H and O–H groups in total. The number of carbonyl (C=O) groups is 1. The van der Waals surface area contributed by atoms with Crippen molar-refractivity contribution in [1.29, 1.82) is 0 Å². The van der Waals surface area contributed by atoms with Gasteiger partial charge in [0.15, 0.2) is 0 Å². The molecule has 1 aliphatic rings. The van der Waals surface area contributed by atoms with Gasteiger partial charge in [-0.3, -0.25) is 4.79 Å². The predicted molar refractivity (Wildman–Crippen MR) is 56.8 cm³/mol. The third-order valence-corrected chi connectivity index (χ3v) is 3.70. The zero-order valence-corrected chi connectivity index (χ0v) is 9.40. The molecule has 1 heterocycles. The van der Waals surface area contributed by atoms with Gasteiger partial charge in [0, 0.05) is 10.8 Å². The molecule has 0 unspecified atom stereocenters. The second-order valence-corrected chi connectivity index (χ2v) is 5.09. The molecule has 2 rings (SSSR count). The van der Waals surface area contributed by atoms with Crippen LogP contribution < -0.4 is 0 Å². The Hall–Kier alpha value is -0.540. The molecule has 1 fully saturated rings. The molecule has 0 spiro atoms. The van der Waals surface area contributed by atoms with Gasteiger partial charge in [-0.25, -0.2) is 0 Å². The maximum absolute atomic E-state index is 11.3. The minimum Gasteiger partial charge on any atom is -0.466 e. The summed E-state index contributed by atoms with van der Waals surface area (Å²) in [6, 6.07) is 3.87. The molecule has 2 atom stereocenters. The van der Waals surface area contributed by atoms with Crippen LogP contribution in [0.4, 0.5) is 0 Å². The number of carbonyl (C=O) groups excluding carboxylic acids is 1. The van der Waals surface area contributed by atoms with Crippen LogP contribution in [-0.4, -0.2) is 12.6 Å². The van der Waals surface area contributed by atoms with Crippen molar-refractivity contribution in [3.8, 4) is 0 Å². The van der Waals surface area contributed by atoms with Gasteiger partial charge in [0.2, 0.25) is 0 Å². The van der Waals surface area contributed by atoms with Crippen molar-refractivity contribution in [3.63, 3.8) is 0 Å². The lowest BCUT2D eigenvalue weighted by Gasteiger charge is -1.98. The fraction of sp³-hybridized carbons (Fsp3) is 0.500. The standard InChI is InChI=1S/C10H11ClO2S/c1-2-13-10(12)7-5-6(7)8-3-4-9(11)14-8/h3-4,6-7H,2,5H2,1H3/t6-,7-/m1/s1. The Balaban J connectivity index is 1.96. The maximum Gasteiger partial charge on any atom is 0.309 e. The fourth-order valence-electron chi connectivity index (χ4n) is 1.55. The first kappa shape index (κ1) is 9.99. The lowest BCUT2D eigenvalue weighted by molar-refractivity contribution is -0.144. The second-order valence-electron chi connectivity index (χ2n) is 3.34. The quantitative estimate of drug-likeness (QED) is 0.746. The highest BCUT2D eigenvalue weighted by Gasteiger charge is 2.45. The summed E-state index contributed by atoms with van der Waals surface area (Å²) < 4.78 is 5.74. The van der Waals surface area contributed by atoms with E-state index in [0.717, 1.165) is 10.8 Å². The van der Waals surface area contributed by atoms with Crippen molar-refractivity contribution in [3.05, 3.63) is 21.3 Å². The number of thiophene rings is 1. The van der Waals surface area contributed by atoms with E-state index in [4.69, 9.17) is 16.3 Å². The minimum absolute atomic E-state index is 0.0676. The van der Waals surface area contributed by atoms with E-state index in [1.807, 2.05) is 19.1 Å². The van der Waals surface area contributed by atoms with Crippen LogP contribution in [-0.2, 0) is 9.53 Å². The summed E-state index contributed by atoms with van der Waals surface area (Å²) in [6.45, 7) is 2.30. The lowest BCUT2D eigenvalue weighted by Crippen LogP contribution is -2.06. The summed E-state index contributed by atoms with van der Waals surface area (Å²) in [5.74, 6) is 0.359. The molecule has 0 saturated heterocycles. The molecule has 1 saturated carbocycles. The summed E-state index contributed by atoms with van der Waals surface area (Å²) in [6.07, 6.45) is 0.912. The van der Waals surface area contributed by atoms with Gasteiger partial charge in [-0.2, -0.15) is 0 Å². The van der Waals surface area contributed by atoms with Gasteiger partial charge in [0.25, 0.3) is 0 Å². The Labute approximate surface area is 91.8 Å². The molecule has 0 aliphatic heterocycles. The molecule has 4 heteroatoms. The van der Waals surface area contributed by atoms with Crippen LogP contribution in [0.25, 0.3) is 0 Å². The average molecular weight is 231 g/mol. The Morgan fingerprint density at radius 2 is 2.50 bits per heavy atom. The first-order valence-electron chi connectivity index (χ1n) is 4.64. The second kappa shape index (κ2) is 3.91. The average Bonchev–Trinajstić information content (AvgIpc) is 2.84. The smallest absolute Gasteiger partial charge is 0.309 e. The van der Waals surface area contributed by atoms with E-state index < -0.39 is 0 Å². The molecule has 1 aromatic heterocycles. The Bertz CT molecular complexity index is 348. The summed E-state index contributed by atoms with van der Waals surface area (Å²) in [5.41, 5.74) is 0. The maximum atomic E-state index is 11.3. The van der Waals surface area contributed by atoms with E-state index in [1.165, 1.54) is 4.88 Å². The molecular formula is C10H11ClO2S. The topological polar surface area (TPSA) is 26.3 Å². The molecule has 2 nitrogen and oxygen atoms in total. The summed E-state index contributed by atoms with van der Waals surface area (Å²) in [4.78, 5) is 12.5. The molecule has 1 aromatic rings. The van der Waals surface area contributed by atoms with Crippen molar-refractivity contribution in [2.75, 3.05) is 6.61 Å². The SMILES string of the molecule is CCOC(=O)[C@@H]1C[C@H]1c1ccc(Cl)s1. The number of ether oxygens (including phenoxy) is 1. The van der Waals surface area contributed by atoms with E-state index in [1.54, 1.807) is 11.3 Å². The molecule has 14 heavy (non-hydrogen) atoms. The zero-order valence-electron chi connectivity index (χ0n) is 7.83. The van der Waals surface area contributed by atoms with Crippen molar-refractivity contribution >= 4 is 28.9 Å². The van der Waals surface area contributed by atoms with E-state index in [0.29, 0.717) is 12.5 Å². The summed E-state index contributed by atoms with van der Waals surface area (Å²) >= 11 is 7.38. The number of esters is 1. The van der Waals surface area contributed by atoms with Gasteiger partial charge in [0.1, 0.15) is 0 Å². The Morgan fingerprint density at radius 3 is 3.07 bits per heavy atom. The van der Waals surface area contributed by atoms with Crippen LogP contribution in [0, 0.1) is 5.92 Å². The van der Waals surface area contributed by atoms with Gasteiger partial charge in [-0.15, -0.1) is 11.3 Å². The lowest BCUT2D eigenvalue weighted by atomic mass is 10.3. The molecule has 0 amide bonds. The Morgan fingerprint density at radius 1 is 1.71 bits per heavy atom. The molecule has 0 aromatic carbocycles. The minimum atomic E-state index is -0.0676. The van der Waals surface area contributed by atoms with Crippen LogP contribution in [0.15, 0.2) is 12.1 Å². The van der Waals surface area contributed by atoms with Crippen LogP contribution in [0.3, 0.4) is 0 Å². The third kappa shape index (κ3) is 1.93.